The van der Waals surface area contributed by atoms with Crippen LogP contribution in [0.1, 0.15) is 22.8 Å². The van der Waals surface area contributed by atoms with Gasteiger partial charge in [-0.05, 0) is 24.3 Å². The van der Waals surface area contributed by atoms with Crippen molar-refractivity contribution in [2.75, 3.05) is 11.5 Å². The number of hydrogen-bond donors (Lipinski definition) is 2. The molecule has 2 heterocycles. The van der Waals surface area contributed by atoms with Gasteiger partial charge in [0.15, 0.2) is 0 Å². The van der Waals surface area contributed by atoms with Crippen molar-refractivity contribution in [3.8, 4) is 0 Å². The summed E-state index contributed by atoms with van der Waals surface area (Å²) in [6.45, 7) is 0. The predicted octanol–water partition coefficient (Wildman–Crippen LogP) is 1.07. The minimum Gasteiger partial charge on any atom is -0.478 e. The highest BCUT2D eigenvalue weighted by Crippen LogP contribution is 2.29. The van der Waals surface area contributed by atoms with Gasteiger partial charge in [0.05, 0.1) is 16.6 Å². The molecule has 6 nitrogen and oxygen atoms in total. The zero-order valence-electron chi connectivity index (χ0n) is 10.5. The molecule has 1 saturated heterocycles. The van der Waals surface area contributed by atoms with E-state index in [1.807, 2.05) is 0 Å². The van der Waals surface area contributed by atoms with Gasteiger partial charge < -0.3 is 10.1 Å². The first-order chi connectivity index (χ1) is 9.59. The number of aromatic carboxylic acids is 1. The summed E-state index contributed by atoms with van der Waals surface area (Å²) in [5.74, 6) is 0.567. The number of hydrogen-bond acceptors (Lipinski definition) is 4. The van der Waals surface area contributed by atoms with Crippen molar-refractivity contribution < 1.29 is 9.90 Å². The average Bonchev–Trinajstić information content (AvgIpc) is 2.93. The third-order valence-corrected chi connectivity index (χ3v) is 4.60. The molecule has 2 N–H and O–H groups in total. The summed E-state index contributed by atoms with van der Waals surface area (Å²) in [5.41, 5.74) is -0.710. The van der Waals surface area contributed by atoms with Gasteiger partial charge in [-0.3, -0.25) is 14.2 Å². The van der Waals surface area contributed by atoms with Gasteiger partial charge in [-0.15, -0.1) is 0 Å². The van der Waals surface area contributed by atoms with Gasteiger partial charge in [0.25, 0.3) is 0 Å². The first-order valence-electron chi connectivity index (χ1n) is 6.18. The molecule has 1 aromatic heterocycles. The van der Waals surface area contributed by atoms with Crippen LogP contribution in [0.3, 0.4) is 0 Å². The molecule has 1 aromatic carbocycles. The minimum atomic E-state index is -1.13. The summed E-state index contributed by atoms with van der Waals surface area (Å²) in [4.78, 5) is 37.5. The lowest BCUT2D eigenvalue weighted by Crippen LogP contribution is -2.38. The number of carboxylic acid groups (broad SMARTS) is 1. The Balaban J connectivity index is 2.41. The summed E-state index contributed by atoms with van der Waals surface area (Å²) in [6.07, 6.45) is 0.806. The summed E-state index contributed by atoms with van der Waals surface area (Å²) in [5, 5.41) is 9.19. The topological polar surface area (TPSA) is 92.2 Å². The van der Waals surface area contributed by atoms with Crippen LogP contribution in [-0.2, 0) is 0 Å². The molecule has 20 heavy (non-hydrogen) atoms. The second kappa shape index (κ2) is 4.82. The number of H-pyrrole nitrogens is 1. The molecular weight excluding hydrogens is 280 g/mol. The zero-order valence-corrected chi connectivity index (χ0v) is 11.3. The lowest BCUT2D eigenvalue weighted by atomic mass is 10.1. The average molecular weight is 292 g/mol. The van der Waals surface area contributed by atoms with Crippen molar-refractivity contribution in [2.24, 2.45) is 0 Å². The van der Waals surface area contributed by atoms with E-state index in [1.165, 1.54) is 10.6 Å². The molecular formula is C13H12N2O4S. The van der Waals surface area contributed by atoms with Crippen LogP contribution in [0.2, 0.25) is 0 Å². The van der Waals surface area contributed by atoms with Crippen molar-refractivity contribution in [1.29, 1.82) is 0 Å². The Morgan fingerprint density at radius 2 is 2.20 bits per heavy atom. The standard InChI is InChI=1S/C13H12N2O4S/c16-11-12(17)15(7-4-5-20-6-7)9-3-1-2-8(13(18)19)10(9)14-11/h1-3,7H,4-6H2,(H,14,16)(H,18,19). The van der Waals surface area contributed by atoms with Gasteiger partial charge in [0, 0.05) is 11.8 Å². The Morgan fingerprint density at radius 1 is 1.40 bits per heavy atom. The molecule has 0 bridgehead atoms. The number of aromatic amines is 1. The van der Waals surface area contributed by atoms with E-state index in [4.69, 9.17) is 0 Å². The number of aromatic nitrogens is 2. The Labute approximate surface area is 117 Å². The van der Waals surface area contributed by atoms with E-state index in [2.05, 4.69) is 4.98 Å². The van der Waals surface area contributed by atoms with E-state index in [-0.39, 0.29) is 17.1 Å². The summed E-state index contributed by atoms with van der Waals surface area (Å²) >= 11 is 1.72. The number of nitrogens with one attached hydrogen (secondary N) is 1. The predicted molar refractivity (Wildman–Crippen MR) is 76.8 cm³/mol. The molecule has 0 amide bonds. The van der Waals surface area contributed by atoms with E-state index < -0.39 is 17.1 Å². The number of fused-ring (bicyclic) bond motifs is 1. The first-order valence-corrected chi connectivity index (χ1v) is 7.33. The molecule has 0 aliphatic carbocycles. The number of nitrogens with zero attached hydrogens (tertiary/aromatic N) is 1. The maximum Gasteiger partial charge on any atom is 0.337 e. The van der Waals surface area contributed by atoms with Crippen molar-refractivity contribution >= 4 is 28.8 Å². The number of rotatable bonds is 2. The quantitative estimate of drug-likeness (QED) is 0.808. The van der Waals surface area contributed by atoms with Gasteiger partial charge in [-0.2, -0.15) is 11.8 Å². The molecule has 1 unspecified atom stereocenters. The van der Waals surface area contributed by atoms with Gasteiger partial charge in [0.2, 0.25) is 0 Å². The van der Waals surface area contributed by atoms with E-state index in [0.717, 1.165) is 17.9 Å². The number of thioether (sulfide) groups is 1. The molecule has 0 radical (unpaired) electrons. The smallest absolute Gasteiger partial charge is 0.337 e. The summed E-state index contributed by atoms with van der Waals surface area (Å²) < 4.78 is 1.45. The second-order valence-corrected chi connectivity index (χ2v) is 5.80. The number of para-hydroxylation sites is 1. The maximum atomic E-state index is 12.1. The van der Waals surface area contributed by atoms with Gasteiger partial charge in [-0.1, -0.05) is 6.07 Å². The third kappa shape index (κ3) is 1.94. The van der Waals surface area contributed by atoms with Crippen LogP contribution in [0.5, 0.6) is 0 Å². The van der Waals surface area contributed by atoms with E-state index >= 15 is 0 Å². The molecule has 2 aromatic rings. The maximum absolute atomic E-state index is 12.1. The highest BCUT2D eigenvalue weighted by Gasteiger charge is 2.23. The minimum absolute atomic E-state index is 0.000926. The molecule has 1 aliphatic rings. The number of carboxylic acids is 1. The van der Waals surface area contributed by atoms with Gasteiger partial charge >= 0.3 is 17.1 Å². The second-order valence-electron chi connectivity index (χ2n) is 4.65. The fourth-order valence-corrected chi connectivity index (χ4v) is 3.72. The Kier molecular flexibility index (Phi) is 3.13. The van der Waals surface area contributed by atoms with Crippen molar-refractivity contribution in [2.45, 2.75) is 12.5 Å². The van der Waals surface area contributed by atoms with Crippen LogP contribution in [0.25, 0.3) is 11.0 Å². The molecule has 0 saturated carbocycles. The van der Waals surface area contributed by atoms with Crippen LogP contribution in [0.4, 0.5) is 0 Å². The van der Waals surface area contributed by atoms with Crippen LogP contribution in [0.15, 0.2) is 27.8 Å². The fourth-order valence-electron chi connectivity index (χ4n) is 2.52. The van der Waals surface area contributed by atoms with Crippen LogP contribution >= 0.6 is 11.8 Å². The molecule has 1 fully saturated rings. The summed E-state index contributed by atoms with van der Waals surface area (Å²) in [6, 6.07) is 4.62. The SMILES string of the molecule is O=C(O)c1cccc2c1[nH]c(=O)c(=O)n2C1CCSC1. The molecule has 1 aliphatic heterocycles. The number of carbonyl (C=O) groups is 1. The van der Waals surface area contributed by atoms with Gasteiger partial charge in [0.1, 0.15) is 0 Å². The van der Waals surface area contributed by atoms with Crippen LogP contribution in [-0.4, -0.2) is 32.1 Å². The monoisotopic (exact) mass is 292 g/mol. The number of benzene rings is 1. The zero-order chi connectivity index (χ0) is 14.3. The highest BCUT2D eigenvalue weighted by molar-refractivity contribution is 7.99. The summed E-state index contributed by atoms with van der Waals surface area (Å²) in [7, 11) is 0. The normalized spacial score (nSPS) is 18.5. The fraction of sp³-hybridized carbons (Fsp3) is 0.308. The van der Waals surface area contributed by atoms with Crippen molar-refractivity contribution in [3.63, 3.8) is 0 Å². The molecule has 3 rings (SSSR count). The lowest BCUT2D eigenvalue weighted by molar-refractivity contribution is 0.0698. The van der Waals surface area contributed by atoms with Crippen molar-refractivity contribution in [3.05, 3.63) is 44.5 Å². The molecule has 1 atom stereocenters. The van der Waals surface area contributed by atoms with Gasteiger partial charge in [-0.25, -0.2) is 4.79 Å². The Morgan fingerprint density at radius 3 is 2.85 bits per heavy atom. The van der Waals surface area contributed by atoms with Crippen LogP contribution < -0.4 is 11.1 Å². The first kappa shape index (κ1) is 13.0. The molecule has 104 valence electrons. The van der Waals surface area contributed by atoms with Crippen molar-refractivity contribution in [1.82, 2.24) is 9.55 Å². The molecule has 7 heteroatoms. The van der Waals surface area contributed by atoms with E-state index in [1.54, 1.807) is 23.9 Å². The van der Waals surface area contributed by atoms with E-state index in [0.29, 0.717) is 5.52 Å². The Hall–Kier alpha value is -2.02. The molecule has 0 spiro atoms. The Bertz CT molecular complexity index is 802. The van der Waals surface area contributed by atoms with E-state index in [9.17, 15) is 19.5 Å². The van der Waals surface area contributed by atoms with Crippen LogP contribution in [0, 0.1) is 0 Å². The highest BCUT2D eigenvalue weighted by atomic mass is 32.2. The largest absolute Gasteiger partial charge is 0.478 e. The third-order valence-electron chi connectivity index (χ3n) is 3.45. The lowest BCUT2D eigenvalue weighted by Gasteiger charge is -2.16.